The summed E-state index contributed by atoms with van der Waals surface area (Å²) in [4.78, 5) is 21.4. The van der Waals surface area contributed by atoms with Crippen molar-refractivity contribution in [2.45, 2.75) is 20.8 Å². The van der Waals surface area contributed by atoms with Crippen molar-refractivity contribution >= 4 is 17.6 Å². The maximum Gasteiger partial charge on any atom is 0.418 e. The average Bonchev–Trinajstić information content (AvgIpc) is 2.86. The molecule has 0 atom stereocenters. The van der Waals surface area contributed by atoms with E-state index < -0.39 is 11.0 Å². The van der Waals surface area contributed by atoms with Gasteiger partial charge in [0.25, 0.3) is 5.69 Å². The van der Waals surface area contributed by atoms with E-state index in [0.29, 0.717) is 5.76 Å². The Bertz CT molecular complexity index is 607. The first-order chi connectivity index (χ1) is 10.0. The van der Waals surface area contributed by atoms with Gasteiger partial charge < -0.3 is 9.26 Å². The van der Waals surface area contributed by atoms with Crippen molar-refractivity contribution in [2.24, 2.45) is 0 Å². The molecular formula is C13H15N3O5. The molecule has 8 nitrogen and oxygen atoms in total. The molecule has 0 unspecified atom stereocenters. The molecule has 2 aromatic rings. The Morgan fingerprint density at radius 3 is 2.43 bits per heavy atom. The summed E-state index contributed by atoms with van der Waals surface area (Å²) in [7, 11) is 0. The zero-order valence-corrected chi connectivity index (χ0v) is 11.8. The van der Waals surface area contributed by atoms with Crippen molar-refractivity contribution < 1.29 is 19.0 Å². The van der Waals surface area contributed by atoms with E-state index in [1.54, 1.807) is 6.92 Å². The summed E-state index contributed by atoms with van der Waals surface area (Å²) in [6.45, 7) is 5.68. The first-order valence-electron chi connectivity index (χ1n) is 6.21. The molecule has 2 rings (SSSR count). The topological polar surface area (TPSA) is 108 Å². The number of aryl methyl sites for hydroxylation is 1. The van der Waals surface area contributed by atoms with Crippen LogP contribution in [0.25, 0.3) is 0 Å². The fourth-order valence-corrected chi connectivity index (χ4v) is 1.30. The summed E-state index contributed by atoms with van der Waals surface area (Å²) in [6.07, 6.45) is -0.762. The number of rotatable bonds is 3. The van der Waals surface area contributed by atoms with Gasteiger partial charge in [-0.05, 0) is 19.1 Å². The number of anilines is 1. The van der Waals surface area contributed by atoms with Crippen LogP contribution in [0.3, 0.4) is 0 Å². The zero-order valence-electron chi connectivity index (χ0n) is 11.8. The smallest absolute Gasteiger partial charge is 0.410 e. The molecule has 21 heavy (non-hydrogen) atoms. The third-order valence-electron chi connectivity index (χ3n) is 2.12. The monoisotopic (exact) mass is 293 g/mol. The van der Waals surface area contributed by atoms with E-state index in [0.717, 1.165) is 0 Å². The lowest BCUT2D eigenvalue weighted by Gasteiger charge is -2.03. The van der Waals surface area contributed by atoms with Gasteiger partial charge in [0.2, 0.25) is 0 Å². The number of aromatic nitrogens is 1. The van der Waals surface area contributed by atoms with Crippen molar-refractivity contribution in [2.75, 3.05) is 5.32 Å². The largest absolute Gasteiger partial charge is 0.418 e. The van der Waals surface area contributed by atoms with Crippen LogP contribution in [0.4, 0.5) is 16.3 Å². The van der Waals surface area contributed by atoms with Crippen LogP contribution < -0.4 is 10.1 Å². The van der Waals surface area contributed by atoms with Crippen molar-refractivity contribution in [3.63, 3.8) is 0 Å². The lowest BCUT2D eigenvalue weighted by molar-refractivity contribution is -0.384. The number of carbonyl (C=O) groups is 1. The number of nitrogens with zero attached hydrogens (tertiary/aromatic N) is 2. The highest BCUT2D eigenvalue weighted by molar-refractivity contribution is 5.85. The lowest BCUT2D eigenvalue weighted by Crippen LogP contribution is -2.16. The van der Waals surface area contributed by atoms with Crippen LogP contribution in [0.2, 0.25) is 0 Å². The molecule has 0 aliphatic heterocycles. The number of nitro groups is 1. The molecule has 1 amide bonds. The Morgan fingerprint density at radius 2 is 1.95 bits per heavy atom. The fourth-order valence-electron chi connectivity index (χ4n) is 1.30. The Kier molecular flexibility index (Phi) is 5.87. The molecule has 0 spiro atoms. The number of hydrogen-bond acceptors (Lipinski definition) is 6. The van der Waals surface area contributed by atoms with Crippen LogP contribution in [0, 0.1) is 17.0 Å². The number of nitro benzene ring substituents is 1. The van der Waals surface area contributed by atoms with E-state index in [9.17, 15) is 14.9 Å². The van der Waals surface area contributed by atoms with Crippen molar-refractivity contribution in [3.05, 3.63) is 46.2 Å². The summed E-state index contributed by atoms with van der Waals surface area (Å²) >= 11 is 0. The Balaban J connectivity index is 0.00000106. The number of hydrogen-bond donors (Lipinski definition) is 1. The minimum atomic E-state index is -0.762. The number of nitrogens with one attached hydrogen (secondary N) is 1. The summed E-state index contributed by atoms with van der Waals surface area (Å²) in [5.41, 5.74) is -0.0834. The van der Waals surface area contributed by atoms with Crippen LogP contribution in [0.15, 0.2) is 34.9 Å². The van der Waals surface area contributed by atoms with Gasteiger partial charge in [0.15, 0.2) is 5.82 Å². The number of ether oxygens (including phenoxy) is 1. The molecule has 0 aliphatic rings. The standard InChI is InChI=1S/C11H9N3O5.C2H6/c1-7-6-10(13-19-7)12-11(15)18-9-4-2-8(3-5-9)14(16)17;1-2/h2-6H,1H3,(H,12,13,15);1-2H3. The molecule has 1 aromatic heterocycles. The molecule has 1 N–H and O–H groups in total. The van der Waals surface area contributed by atoms with Gasteiger partial charge in [0.1, 0.15) is 11.5 Å². The maximum absolute atomic E-state index is 11.5. The second kappa shape index (κ2) is 7.63. The van der Waals surface area contributed by atoms with Crippen LogP contribution in [-0.2, 0) is 0 Å². The quantitative estimate of drug-likeness (QED) is 0.685. The van der Waals surface area contributed by atoms with E-state index >= 15 is 0 Å². The minimum absolute atomic E-state index is 0.0834. The van der Waals surface area contributed by atoms with Gasteiger partial charge in [-0.25, -0.2) is 4.79 Å². The Morgan fingerprint density at radius 1 is 1.33 bits per heavy atom. The second-order valence-electron chi connectivity index (χ2n) is 3.59. The number of carbonyl (C=O) groups excluding carboxylic acids is 1. The number of amides is 1. The average molecular weight is 293 g/mol. The third-order valence-corrected chi connectivity index (χ3v) is 2.12. The molecule has 1 heterocycles. The van der Waals surface area contributed by atoms with Crippen LogP contribution >= 0.6 is 0 Å². The molecule has 112 valence electrons. The van der Waals surface area contributed by atoms with E-state index in [2.05, 4.69) is 10.5 Å². The van der Waals surface area contributed by atoms with Crippen LogP contribution in [0.5, 0.6) is 5.75 Å². The van der Waals surface area contributed by atoms with Crippen LogP contribution in [-0.4, -0.2) is 16.2 Å². The minimum Gasteiger partial charge on any atom is -0.410 e. The van der Waals surface area contributed by atoms with Gasteiger partial charge in [0, 0.05) is 18.2 Å². The van der Waals surface area contributed by atoms with E-state index in [1.807, 2.05) is 13.8 Å². The summed E-state index contributed by atoms with van der Waals surface area (Å²) in [5, 5.41) is 16.4. The predicted octanol–water partition coefficient (Wildman–Crippen LogP) is 3.53. The van der Waals surface area contributed by atoms with Gasteiger partial charge in [-0.1, -0.05) is 19.0 Å². The summed E-state index contributed by atoms with van der Waals surface area (Å²) < 4.78 is 9.67. The van der Waals surface area contributed by atoms with Crippen molar-refractivity contribution in [3.8, 4) is 5.75 Å². The number of benzene rings is 1. The van der Waals surface area contributed by atoms with Gasteiger partial charge in [-0.3, -0.25) is 15.4 Å². The lowest BCUT2D eigenvalue weighted by atomic mass is 10.3. The number of non-ortho nitro benzene ring substituents is 1. The highest BCUT2D eigenvalue weighted by atomic mass is 16.6. The maximum atomic E-state index is 11.5. The SMILES string of the molecule is CC.Cc1cc(NC(=O)Oc2ccc([N+](=O)[O-])cc2)no1. The molecule has 0 aliphatic carbocycles. The predicted molar refractivity (Wildman–Crippen MR) is 75.3 cm³/mol. The summed E-state index contributed by atoms with van der Waals surface area (Å²) in [6, 6.07) is 6.65. The van der Waals surface area contributed by atoms with E-state index in [1.165, 1.54) is 30.3 Å². The molecule has 0 fully saturated rings. The van der Waals surface area contributed by atoms with Crippen molar-refractivity contribution in [1.82, 2.24) is 5.16 Å². The molecule has 0 radical (unpaired) electrons. The second-order valence-corrected chi connectivity index (χ2v) is 3.59. The van der Waals surface area contributed by atoms with Crippen LogP contribution in [0.1, 0.15) is 19.6 Å². The van der Waals surface area contributed by atoms with Gasteiger partial charge >= 0.3 is 6.09 Å². The third kappa shape index (κ3) is 4.94. The molecule has 8 heteroatoms. The fraction of sp³-hybridized carbons (Fsp3) is 0.231. The van der Waals surface area contributed by atoms with Crippen molar-refractivity contribution in [1.29, 1.82) is 0 Å². The first kappa shape index (κ1) is 16.2. The Labute approximate surface area is 120 Å². The van der Waals surface area contributed by atoms with Gasteiger partial charge in [0.05, 0.1) is 4.92 Å². The van der Waals surface area contributed by atoms with E-state index in [4.69, 9.17) is 9.26 Å². The highest BCUT2D eigenvalue weighted by Crippen LogP contribution is 2.18. The zero-order chi connectivity index (χ0) is 15.8. The summed E-state index contributed by atoms with van der Waals surface area (Å²) in [5.74, 6) is 0.957. The molecule has 0 saturated heterocycles. The molecule has 0 saturated carbocycles. The van der Waals surface area contributed by atoms with Gasteiger partial charge in [-0.15, -0.1) is 0 Å². The van der Waals surface area contributed by atoms with E-state index in [-0.39, 0.29) is 17.3 Å². The molecule has 0 bridgehead atoms. The van der Waals surface area contributed by atoms with Gasteiger partial charge in [-0.2, -0.15) is 0 Å². The highest BCUT2D eigenvalue weighted by Gasteiger charge is 2.10. The Hall–Kier alpha value is -2.90. The normalized spacial score (nSPS) is 9.29. The molecular weight excluding hydrogens is 278 g/mol. The first-order valence-corrected chi connectivity index (χ1v) is 6.21. The molecule has 1 aromatic carbocycles.